The van der Waals surface area contributed by atoms with Crippen molar-refractivity contribution in [2.24, 2.45) is 10.7 Å². The van der Waals surface area contributed by atoms with E-state index in [9.17, 15) is 0 Å². The Morgan fingerprint density at radius 3 is 2.95 bits per heavy atom. The number of hydrogen-bond donors (Lipinski definition) is 2. The summed E-state index contributed by atoms with van der Waals surface area (Å²) < 4.78 is 5.56. The van der Waals surface area contributed by atoms with Crippen molar-refractivity contribution in [2.75, 3.05) is 6.54 Å². The molecule has 0 amide bonds. The lowest BCUT2D eigenvalue weighted by atomic mass is 9.76. The van der Waals surface area contributed by atoms with Crippen LogP contribution in [0, 0.1) is 0 Å². The Morgan fingerprint density at radius 2 is 2.20 bits per heavy atom. The highest BCUT2D eigenvalue weighted by Gasteiger charge is 2.38. The first kappa shape index (κ1) is 11.6. The quantitative estimate of drug-likeness (QED) is 0.831. The average molecular weight is 267 g/mol. The van der Waals surface area contributed by atoms with E-state index in [1.54, 1.807) is 6.26 Å². The standard InChI is InChI=1S/C16H17N3O/c17-15-18-10-16(19-15)7-6-12-11(9-16)3-1-4-13(12)14-5-2-8-20-14/h1-5,8H,6-7,9-10H2,(H3,17,18,19). The molecular formula is C16H17N3O. The topological polar surface area (TPSA) is 63.5 Å². The van der Waals surface area contributed by atoms with E-state index in [0.717, 1.165) is 31.6 Å². The van der Waals surface area contributed by atoms with E-state index in [1.165, 1.54) is 16.7 Å². The number of hydrogen-bond acceptors (Lipinski definition) is 4. The molecule has 102 valence electrons. The molecule has 1 aromatic heterocycles. The molecule has 2 aromatic rings. The molecule has 1 atom stereocenters. The maximum atomic E-state index is 5.79. The number of aliphatic imine (C=N–C) groups is 1. The molecule has 0 saturated carbocycles. The summed E-state index contributed by atoms with van der Waals surface area (Å²) in [5.41, 5.74) is 9.82. The molecule has 2 heterocycles. The first-order valence-electron chi connectivity index (χ1n) is 6.99. The number of rotatable bonds is 1. The van der Waals surface area contributed by atoms with Crippen molar-refractivity contribution in [1.82, 2.24) is 5.32 Å². The van der Waals surface area contributed by atoms with E-state index in [4.69, 9.17) is 10.2 Å². The molecule has 0 radical (unpaired) electrons. The Morgan fingerprint density at radius 1 is 1.25 bits per heavy atom. The fraction of sp³-hybridized carbons (Fsp3) is 0.312. The van der Waals surface area contributed by atoms with E-state index in [0.29, 0.717) is 5.96 Å². The highest BCUT2D eigenvalue weighted by Crippen LogP contribution is 2.36. The molecule has 3 N–H and O–H groups in total. The molecule has 1 unspecified atom stereocenters. The van der Waals surface area contributed by atoms with Gasteiger partial charge in [0.1, 0.15) is 5.76 Å². The molecule has 0 bridgehead atoms. The molecule has 4 rings (SSSR count). The Kier molecular flexibility index (Phi) is 2.39. The fourth-order valence-electron chi connectivity index (χ4n) is 3.40. The van der Waals surface area contributed by atoms with E-state index >= 15 is 0 Å². The number of nitrogens with zero attached hydrogens (tertiary/aromatic N) is 1. The monoisotopic (exact) mass is 267 g/mol. The zero-order valence-electron chi connectivity index (χ0n) is 11.2. The van der Waals surface area contributed by atoms with Gasteiger partial charge >= 0.3 is 0 Å². The smallest absolute Gasteiger partial charge is 0.189 e. The fourth-order valence-corrected chi connectivity index (χ4v) is 3.40. The second-order valence-corrected chi connectivity index (χ2v) is 5.70. The van der Waals surface area contributed by atoms with Crippen molar-refractivity contribution in [1.29, 1.82) is 0 Å². The summed E-state index contributed by atoms with van der Waals surface area (Å²) in [7, 11) is 0. The third-order valence-electron chi connectivity index (χ3n) is 4.39. The molecular weight excluding hydrogens is 250 g/mol. The van der Waals surface area contributed by atoms with Gasteiger partial charge in [-0.25, -0.2) is 0 Å². The van der Waals surface area contributed by atoms with Crippen LogP contribution in [0.2, 0.25) is 0 Å². The van der Waals surface area contributed by atoms with E-state index in [2.05, 4.69) is 28.5 Å². The number of nitrogens with one attached hydrogen (secondary N) is 1. The van der Waals surface area contributed by atoms with Crippen LogP contribution in [0.4, 0.5) is 0 Å². The van der Waals surface area contributed by atoms with Crippen LogP contribution in [0.3, 0.4) is 0 Å². The number of guanidine groups is 1. The van der Waals surface area contributed by atoms with Crippen molar-refractivity contribution >= 4 is 5.96 Å². The van der Waals surface area contributed by atoms with Gasteiger partial charge in [-0.15, -0.1) is 0 Å². The van der Waals surface area contributed by atoms with Crippen LogP contribution in [0.1, 0.15) is 17.5 Å². The molecule has 1 aromatic carbocycles. The van der Waals surface area contributed by atoms with Crippen molar-refractivity contribution in [3.63, 3.8) is 0 Å². The Labute approximate surface area is 117 Å². The summed E-state index contributed by atoms with van der Waals surface area (Å²) in [5, 5.41) is 3.37. The van der Waals surface area contributed by atoms with Crippen LogP contribution >= 0.6 is 0 Å². The molecule has 1 aliphatic heterocycles. The van der Waals surface area contributed by atoms with Crippen molar-refractivity contribution in [3.05, 3.63) is 47.7 Å². The predicted octanol–water partition coefficient (Wildman–Crippen LogP) is 2.09. The lowest BCUT2D eigenvalue weighted by Crippen LogP contribution is -2.51. The summed E-state index contributed by atoms with van der Waals surface area (Å²) in [6.07, 6.45) is 4.79. The molecule has 1 spiro atoms. The molecule has 0 saturated heterocycles. The Balaban J connectivity index is 1.72. The summed E-state index contributed by atoms with van der Waals surface area (Å²) >= 11 is 0. The van der Waals surface area contributed by atoms with Gasteiger partial charge in [0.15, 0.2) is 5.96 Å². The molecule has 2 aliphatic rings. The van der Waals surface area contributed by atoms with Crippen LogP contribution < -0.4 is 11.1 Å². The molecule has 0 fully saturated rings. The second kappa shape index (κ2) is 4.13. The largest absolute Gasteiger partial charge is 0.464 e. The van der Waals surface area contributed by atoms with Gasteiger partial charge in [-0.1, -0.05) is 18.2 Å². The minimum atomic E-state index is 0.0267. The van der Waals surface area contributed by atoms with Crippen LogP contribution in [-0.2, 0) is 12.8 Å². The number of furan rings is 1. The molecule has 20 heavy (non-hydrogen) atoms. The molecule has 4 heteroatoms. The first-order valence-corrected chi connectivity index (χ1v) is 6.99. The van der Waals surface area contributed by atoms with Gasteiger partial charge in [-0.3, -0.25) is 4.99 Å². The van der Waals surface area contributed by atoms with Gasteiger partial charge in [0.05, 0.1) is 18.3 Å². The van der Waals surface area contributed by atoms with Gasteiger partial charge < -0.3 is 15.5 Å². The van der Waals surface area contributed by atoms with E-state index in [1.807, 2.05) is 12.1 Å². The van der Waals surface area contributed by atoms with Crippen LogP contribution in [0.25, 0.3) is 11.3 Å². The molecule has 1 aliphatic carbocycles. The number of nitrogens with two attached hydrogens (primary N) is 1. The summed E-state index contributed by atoms with van der Waals surface area (Å²) in [5.74, 6) is 1.53. The third-order valence-corrected chi connectivity index (χ3v) is 4.39. The first-order chi connectivity index (χ1) is 9.76. The van der Waals surface area contributed by atoms with Crippen molar-refractivity contribution in [3.8, 4) is 11.3 Å². The van der Waals surface area contributed by atoms with Crippen molar-refractivity contribution in [2.45, 2.75) is 24.8 Å². The van der Waals surface area contributed by atoms with Crippen LogP contribution in [0.15, 0.2) is 46.0 Å². The lowest BCUT2D eigenvalue weighted by Gasteiger charge is -2.35. The zero-order chi connectivity index (χ0) is 13.6. The highest BCUT2D eigenvalue weighted by atomic mass is 16.3. The second-order valence-electron chi connectivity index (χ2n) is 5.70. The van der Waals surface area contributed by atoms with Gasteiger partial charge in [0.2, 0.25) is 0 Å². The lowest BCUT2D eigenvalue weighted by molar-refractivity contribution is 0.361. The Hall–Kier alpha value is -2.23. The van der Waals surface area contributed by atoms with E-state index < -0.39 is 0 Å². The summed E-state index contributed by atoms with van der Waals surface area (Å²) in [6.45, 7) is 0.781. The zero-order valence-corrected chi connectivity index (χ0v) is 11.2. The minimum absolute atomic E-state index is 0.0267. The van der Waals surface area contributed by atoms with Gasteiger partial charge in [0.25, 0.3) is 0 Å². The molecule has 4 nitrogen and oxygen atoms in total. The van der Waals surface area contributed by atoms with E-state index in [-0.39, 0.29) is 5.54 Å². The minimum Gasteiger partial charge on any atom is -0.464 e. The van der Waals surface area contributed by atoms with Crippen LogP contribution in [0.5, 0.6) is 0 Å². The van der Waals surface area contributed by atoms with Crippen LogP contribution in [-0.4, -0.2) is 18.0 Å². The normalized spacial score (nSPS) is 24.3. The van der Waals surface area contributed by atoms with Gasteiger partial charge in [-0.2, -0.15) is 0 Å². The SMILES string of the molecule is NC1=NCC2(CCc3c(cccc3-c3ccco3)C2)N1. The number of benzene rings is 1. The van der Waals surface area contributed by atoms with Gasteiger partial charge in [0, 0.05) is 5.56 Å². The average Bonchev–Trinajstić information content (AvgIpc) is 3.09. The van der Waals surface area contributed by atoms with Crippen molar-refractivity contribution < 1.29 is 4.42 Å². The third kappa shape index (κ3) is 1.72. The number of fused-ring (bicyclic) bond motifs is 1. The summed E-state index contributed by atoms with van der Waals surface area (Å²) in [6, 6.07) is 10.4. The summed E-state index contributed by atoms with van der Waals surface area (Å²) in [4.78, 5) is 4.32. The maximum Gasteiger partial charge on any atom is 0.189 e. The Bertz CT molecular complexity index is 675. The maximum absolute atomic E-state index is 5.79. The van der Waals surface area contributed by atoms with Gasteiger partial charge in [-0.05, 0) is 42.5 Å². The predicted molar refractivity (Wildman–Crippen MR) is 78.5 cm³/mol. The highest BCUT2D eigenvalue weighted by molar-refractivity contribution is 5.81.